The second kappa shape index (κ2) is 7.42. The summed E-state index contributed by atoms with van der Waals surface area (Å²) in [5.74, 6) is 0.523. The molecular weight excluding hydrogens is 272 g/mol. The molecule has 0 N–H and O–H groups in total. The Hall–Kier alpha value is -1.18. The second-order valence-corrected chi connectivity index (χ2v) is 4.17. The summed E-state index contributed by atoms with van der Waals surface area (Å²) in [5, 5.41) is 0.128. The van der Waals surface area contributed by atoms with Crippen LogP contribution in [0.1, 0.15) is 6.92 Å². The van der Waals surface area contributed by atoms with Crippen molar-refractivity contribution < 1.29 is 14.2 Å². The molecule has 0 bridgehead atoms. The highest BCUT2D eigenvalue weighted by molar-refractivity contribution is 6.28. The molecule has 106 valence electrons. The summed E-state index contributed by atoms with van der Waals surface area (Å²) < 4.78 is 15.8. The van der Waals surface area contributed by atoms with Gasteiger partial charge in [0.25, 0.3) is 0 Å². The average Bonchev–Trinajstić information content (AvgIpc) is 2.44. The van der Waals surface area contributed by atoms with Gasteiger partial charge in [0.1, 0.15) is 6.61 Å². The first-order valence-corrected chi connectivity index (χ1v) is 6.62. The molecule has 1 aromatic heterocycles. The predicted molar refractivity (Wildman–Crippen MR) is 69.9 cm³/mol. The van der Waals surface area contributed by atoms with Crippen molar-refractivity contribution in [3.8, 4) is 6.01 Å². The number of nitrogens with zero attached hydrogens (tertiary/aromatic N) is 4. The largest absolute Gasteiger partial charge is 0.461 e. The third-order valence-electron chi connectivity index (χ3n) is 2.53. The fourth-order valence-electron chi connectivity index (χ4n) is 1.63. The van der Waals surface area contributed by atoms with Crippen molar-refractivity contribution >= 4 is 17.5 Å². The van der Waals surface area contributed by atoms with E-state index in [1.54, 1.807) is 0 Å². The number of ether oxygens (including phenoxy) is 3. The molecule has 1 saturated heterocycles. The minimum Gasteiger partial charge on any atom is -0.461 e. The highest BCUT2D eigenvalue weighted by atomic mass is 35.5. The van der Waals surface area contributed by atoms with E-state index in [9.17, 15) is 0 Å². The van der Waals surface area contributed by atoms with Crippen molar-refractivity contribution in [2.45, 2.75) is 6.92 Å². The van der Waals surface area contributed by atoms with E-state index in [0.29, 0.717) is 39.0 Å². The maximum absolute atomic E-state index is 5.88. The molecule has 2 heterocycles. The van der Waals surface area contributed by atoms with E-state index in [0.717, 1.165) is 13.1 Å². The zero-order chi connectivity index (χ0) is 13.5. The quantitative estimate of drug-likeness (QED) is 0.716. The van der Waals surface area contributed by atoms with Gasteiger partial charge < -0.3 is 19.1 Å². The van der Waals surface area contributed by atoms with Crippen LogP contribution in [-0.2, 0) is 9.47 Å². The standard InChI is InChI=1S/C11H17ClN4O3/c1-2-17-7-8-19-11-14-9(12)13-10(15-11)16-3-5-18-6-4-16/h2-8H2,1H3. The van der Waals surface area contributed by atoms with E-state index in [1.165, 1.54) is 0 Å². The van der Waals surface area contributed by atoms with Crippen LogP contribution in [0.3, 0.4) is 0 Å². The molecule has 0 saturated carbocycles. The number of anilines is 1. The molecular formula is C11H17ClN4O3. The van der Waals surface area contributed by atoms with Crippen molar-refractivity contribution in [2.75, 3.05) is 51.0 Å². The van der Waals surface area contributed by atoms with E-state index in [2.05, 4.69) is 15.0 Å². The van der Waals surface area contributed by atoms with Crippen LogP contribution in [0.4, 0.5) is 5.95 Å². The number of halogens is 1. The maximum Gasteiger partial charge on any atom is 0.322 e. The molecule has 0 aromatic carbocycles. The van der Waals surface area contributed by atoms with Crippen LogP contribution in [0.25, 0.3) is 0 Å². The van der Waals surface area contributed by atoms with Gasteiger partial charge >= 0.3 is 6.01 Å². The summed E-state index contributed by atoms with van der Waals surface area (Å²) in [5.41, 5.74) is 0. The summed E-state index contributed by atoms with van der Waals surface area (Å²) in [4.78, 5) is 14.3. The summed E-state index contributed by atoms with van der Waals surface area (Å²) in [6.07, 6.45) is 0. The third-order valence-corrected chi connectivity index (χ3v) is 2.70. The minimum absolute atomic E-state index is 0.128. The van der Waals surface area contributed by atoms with Crippen LogP contribution in [0, 0.1) is 0 Å². The molecule has 0 spiro atoms. The smallest absolute Gasteiger partial charge is 0.322 e. The fraction of sp³-hybridized carbons (Fsp3) is 0.727. The van der Waals surface area contributed by atoms with Gasteiger partial charge in [0.05, 0.1) is 19.8 Å². The van der Waals surface area contributed by atoms with Crippen LogP contribution >= 0.6 is 11.6 Å². The lowest BCUT2D eigenvalue weighted by Gasteiger charge is -2.26. The Kier molecular flexibility index (Phi) is 5.56. The SMILES string of the molecule is CCOCCOc1nc(Cl)nc(N2CCOCC2)n1. The van der Waals surface area contributed by atoms with E-state index >= 15 is 0 Å². The molecule has 1 aliphatic heterocycles. The zero-order valence-corrected chi connectivity index (χ0v) is 11.6. The van der Waals surface area contributed by atoms with Gasteiger partial charge in [-0.25, -0.2) is 0 Å². The molecule has 1 aromatic rings. The molecule has 1 aliphatic rings. The Morgan fingerprint density at radius 1 is 1.21 bits per heavy atom. The monoisotopic (exact) mass is 288 g/mol. The minimum atomic E-state index is 0.128. The Balaban J connectivity index is 1.97. The van der Waals surface area contributed by atoms with Crippen LogP contribution in [0.15, 0.2) is 0 Å². The molecule has 0 atom stereocenters. The maximum atomic E-state index is 5.88. The highest BCUT2D eigenvalue weighted by Gasteiger charge is 2.16. The van der Waals surface area contributed by atoms with Gasteiger partial charge in [0, 0.05) is 19.7 Å². The number of aromatic nitrogens is 3. The number of hydrogen-bond acceptors (Lipinski definition) is 7. The first-order chi connectivity index (χ1) is 9.29. The topological polar surface area (TPSA) is 69.6 Å². The van der Waals surface area contributed by atoms with Gasteiger partial charge in [0.2, 0.25) is 11.2 Å². The Bertz CT molecular complexity index is 402. The van der Waals surface area contributed by atoms with E-state index in [-0.39, 0.29) is 11.3 Å². The lowest BCUT2D eigenvalue weighted by Crippen LogP contribution is -2.37. The zero-order valence-electron chi connectivity index (χ0n) is 10.8. The molecule has 0 aliphatic carbocycles. The molecule has 1 fully saturated rings. The van der Waals surface area contributed by atoms with Crippen LogP contribution < -0.4 is 9.64 Å². The second-order valence-electron chi connectivity index (χ2n) is 3.83. The van der Waals surface area contributed by atoms with Gasteiger partial charge in [-0.2, -0.15) is 15.0 Å². The van der Waals surface area contributed by atoms with Crippen molar-refractivity contribution in [2.24, 2.45) is 0 Å². The van der Waals surface area contributed by atoms with Crippen LogP contribution in [0.2, 0.25) is 5.28 Å². The van der Waals surface area contributed by atoms with E-state index < -0.39 is 0 Å². The lowest BCUT2D eigenvalue weighted by molar-refractivity contribution is 0.106. The molecule has 0 unspecified atom stereocenters. The summed E-state index contributed by atoms with van der Waals surface area (Å²) in [7, 11) is 0. The van der Waals surface area contributed by atoms with Gasteiger partial charge in [-0.1, -0.05) is 0 Å². The van der Waals surface area contributed by atoms with E-state index in [1.807, 2.05) is 11.8 Å². The molecule has 19 heavy (non-hydrogen) atoms. The van der Waals surface area contributed by atoms with Crippen molar-refractivity contribution in [1.29, 1.82) is 0 Å². The van der Waals surface area contributed by atoms with Crippen molar-refractivity contribution in [3.63, 3.8) is 0 Å². The van der Waals surface area contributed by atoms with E-state index in [4.69, 9.17) is 25.8 Å². The highest BCUT2D eigenvalue weighted by Crippen LogP contribution is 2.16. The number of hydrogen-bond donors (Lipinski definition) is 0. The Morgan fingerprint density at radius 2 is 2.00 bits per heavy atom. The van der Waals surface area contributed by atoms with Gasteiger partial charge in [-0.05, 0) is 18.5 Å². The van der Waals surface area contributed by atoms with Crippen molar-refractivity contribution in [1.82, 2.24) is 15.0 Å². The lowest BCUT2D eigenvalue weighted by atomic mass is 10.4. The summed E-state index contributed by atoms with van der Waals surface area (Å²) in [6.45, 7) is 6.24. The first-order valence-electron chi connectivity index (χ1n) is 6.24. The van der Waals surface area contributed by atoms with Gasteiger partial charge in [0.15, 0.2) is 0 Å². The average molecular weight is 289 g/mol. The molecule has 8 heteroatoms. The van der Waals surface area contributed by atoms with Crippen LogP contribution in [-0.4, -0.2) is 61.1 Å². The number of rotatable bonds is 6. The Labute approximate surface area is 116 Å². The fourth-order valence-corrected chi connectivity index (χ4v) is 1.78. The Morgan fingerprint density at radius 3 is 2.74 bits per heavy atom. The first kappa shape index (κ1) is 14.2. The van der Waals surface area contributed by atoms with Gasteiger partial charge in [-0.3, -0.25) is 0 Å². The molecule has 0 amide bonds. The summed E-state index contributed by atoms with van der Waals surface area (Å²) in [6, 6.07) is 0.223. The van der Waals surface area contributed by atoms with Crippen molar-refractivity contribution in [3.05, 3.63) is 5.28 Å². The normalized spacial score (nSPS) is 15.6. The molecule has 7 nitrogen and oxygen atoms in total. The summed E-state index contributed by atoms with van der Waals surface area (Å²) >= 11 is 5.88. The predicted octanol–water partition coefficient (Wildman–Crippen LogP) is 0.777. The third kappa shape index (κ3) is 4.45. The molecule has 2 rings (SSSR count). The van der Waals surface area contributed by atoms with Gasteiger partial charge in [-0.15, -0.1) is 0 Å². The molecule has 0 radical (unpaired) electrons. The van der Waals surface area contributed by atoms with Crippen LogP contribution in [0.5, 0.6) is 6.01 Å². The number of morpholine rings is 1.